The summed E-state index contributed by atoms with van der Waals surface area (Å²) in [6.45, 7) is 1.56. The van der Waals surface area contributed by atoms with E-state index in [0.717, 1.165) is 0 Å². The van der Waals surface area contributed by atoms with Crippen LogP contribution in [-0.2, 0) is 10.0 Å². The Morgan fingerprint density at radius 3 is 2.59 bits per heavy atom. The number of halogens is 1. The lowest BCUT2D eigenvalue weighted by molar-refractivity contribution is 0.354. The SMILES string of the molecule is CC(NS(=O)(=O)c1ccc2oc(=O)ccc2c1)c1nc(-c2ccc(F)cc2)no1. The molecule has 10 heteroatoms. The summed E-state index contributed by atoms with van der Waals surface area (Å²) in [7, 11) is -3.92. The molecule has 4 rings (SSSR count). The lowest BCUT2D eigenvalue weighted by Gasteiger charge is -2.11. The number of hydrogen-bond acceptors (Lipinski definition) is 7. The second-order valence-corrected chi connectivity index (χ2v) is 7.97. The van der Waals surface area contributed by atoms with E-state index >= 15 is 0 Å². The molecular formula is C19H14FN3O5S. The Bertz CT molecular complexity index is 1350. The van der Waals surface area contributed by atoms with Crippen LogP contribution in [0.15, 0.2) is 73.2 Å². The highest BCUT2D eigenvalue weighted by atomic mass is 32.2. The summed E-state index contributed by atoms with van der Waals surface area (Å²) in [6.07, 6.45) is 0. The molecule has 0 aliphatic heterocycles. The van der Waals surface area contributed by atoms with Crippen LogP contribution in [0.1, 0.15) is 18.9 Å². The normalized spacial score (nSPS) is 12.9. The molecule has 0 saturated carbocycles. The Hall–Kier alpha value is -3.37. The fourth-order valence-electron chi connectivity index (χ4n) is 2.70. The first-order valence-corrected chi connectivity index (χ1v) is 9.96. The first-order chi connectivity index (χ1) is 13.8. The summed E-state index contributed by atoms with van der Waals surface area (Å²) in [5.41, 5.74) is 0.297. The molecule has 0 fully saturated rings. The Kier molecular flexibility index (Phi) is 4.73. The van der Waals surface area contributed by atoms with Crippen LogP contribution in [-0.4, -0.2) is 18.6 Å². The molecule has 0 saturated heterocycles. The van der Waals surface area contributed by atoms with E-state index in [1.807, 2.05) is 0 Å². The number of aromatic nitrogens is 2. The van der Waals surface area contributed by atoms with Gasteiger partial charge in [0, 0.05) is 17.0 Å². The fourth-order valence-corrected chi connectivity index (χ4v) is 3.93. The van der Waals surface area contributed by atoms with E-state index < -0.39 is 27.5 Å². The van der Waals surface area contributed by atoms with Crippen LogP contribution in [0.4, 0.5) is 4.39 Å². The van der Waals surface area contributed by atoms with E-state index in [1.165, 1.54) is 54.6 Å². The maximum Gasteiger partial charge on any atom is 0.336 e. The monoisotopic (exact) mass is 415 g/mol. The third kappa shape index (κ3) is 3.93. The average molecular weight is 415 g/mol. The number of nitrogens with one attached hydrogen (secondary N) is 1. The molecular weight excluding hydrogens is 401 g/mol. The minimum absolute atomic E-state index is 0.0102. The van der Waals surface area contributed by atoms with Gasteiger partial charge in [0.1, 0.15) is 11.4 Å². The zero-order valence-corrected chi connectivity index (χ0v) is 15.8. The molecule has 2 heterocycles. The quantitative estimate of drug-likeness (QED) is 0.498. The molecule has 4 aromatic rings. The summed E-state index contributed by atoms with van der Waals surface area (Å²) in [5.74, 6) is -0.125. The van der Waals surface area contributed by atoms with E-state index in [-0.39, 0.29) is 22.2 Å². The summed E-state index contributed by atoms with van der Waals surface area (Å²) in [6, 6.07) is 11.5. The van der Waals surface area contributed by atoms with Gasteiger partial charge >= 0.3 is 5.63 Å². The van der Waals surface area contributed by atoms with E-state index in [0.29, 0.717) is 10.9 Å². The van der Waals surface area contributed by atoms with Crippen LogP contribution < -0.4 is 10.3 Å². The average Bonchev–Trinajstić information content (AvgIpc) is 3.18. The Morgan fingerprint density at radius 1 is 1.07 bits per heavy atom. The maximum atomic E-state index is 13.0. The van der Waals surface area contributed by atoms with Gasteiger partial charge in [0.05, 0.1) is 10.9 Å². The van der Waals surface area contributed by atoms with Gasteiger partial charge < -0.3 is 8.94 Å². The molecule has 0 bridgehead atoms. The van der Waals surface area contributed by atoms with Gasteiger partial charge in [-0.25, -0.2) is 17.6 Å². The molecule has 0 radical (unpaired) electrons. The molecule has 148 valence electrons. The van der Waals surface area contributed by atoms with Gasteiger partial charge in [-0.2, -0.15) is 9.71 Å². The highest BCUT2D eigenvalue weighted by Crippen LogP contribution is 2.22. The zero-order valence-electron chi connectivity index (χ0n) is 15.0. The number of sulfonamides is 1. The first-order valence-electron chi connectivity index (χ1n) is 8.48. The van der Waals surface area contributed by atoms with Crippen molar-refractivity contribution < 1.29 is 21.7 Å². The van der Waals surface area contributed by atoms with Crippen molar-refractivity contribution in [2.24, 2.45) is 0 Å². The molecule has 1 atom stereocenters. The van der Waals surface area contributed by atoms with Crippen molar-refractivity contribution in [3.8, 4) is 11.4 Å². The highest BCUT2D eigenvalue weighted by molar-refractivity contribution is 7.89. The number of rotatable bonds is 5. The first kappa shape index (κ1) is 19.0. The number of benzene rings is 2. The van der Waals surface area contributed by atoms with E-state index in [1.54, 1.807) is 6.92 Å². The summed E-state index contributed by atoms with van der Waals surface area (Å²) < 4.78 is 51.1. The molecule has 29 heavy (non-hydrogen) atoms. The largest absolute Gasteiger partial charge is 0.423 e. The second kappa shape index (κ2) is 7.22. The van der Waals surface area contributed by atoms with Crippen LogP contribution in [0.25, 0.3) is 22.4 Å². The summed E-state index contributed by atoms with van der Waals surface area (Å²) >= 11 is 0. The lowest BCUT2D eigenvalue weighted by atomic mass is 10.2. The molecule has 1 N–H and O–H groups in total. The van der Waals surface area contributed by atoms with Crippen molar-refractivity contribution in [2.45, 2.75) is 17.9 Å². The van der Waals surface area contributed by atoms with Crippen molar-refractivity contribution >= 4 is 21.0 Å². The molecule has 2 aromatic heterocycles. The standard InChI is InChI=1S/C19H14FN3O5S/c1-11(19-21-18(22-28-19)12-2-5-14(20)6-3-12)23-29(25,26)15-7-8-16-13(10-15)4-9-17(24)27-16/h2-11,23H,1H3. The Morgan fingerprint density at radius 2 is 1.83 bits per heavy atom. The predicted molar refractivity (Wildman–Crippen MR) is 101 cm³/mol. The van der Waals surface area contributed by atoms with Gasteiger partial charge in [0.2, 0.25) is 21.7 Å². The second-order valence-electron chi connectivity index (χ2n) is 6.26. The zero-order chi connectivity index (χ0) is 20.6. The third-order valence-electron chi connectivity index (χ3n) is 4.15. The van der Waals surface area contributed by atoms with Crippen molar-refractivity contribution in [3.63, 3.8) is 0 Å². The topological polar surface area (TPSA) is 115 Å². The highest BCUT2D eigenvalue weighted by Gasteiger charge is 2.23. The van der Waals surface area contributed by atoms with Crippen LogP contribution in [0, 0.1) is 5.82 Å². The molecule has 0 spiro atoms. The molecule has 8 nitrogen and oxygen atoms in total. The van der Waals surface area contributed by atoms with Gasteiger partial charge in [-0.15, -0.1) is 0 Å². The van der Waals surface area contributed by atoms with Crippen LogP contribution in [0.5, 0.6) is 0 Å². The lowest BCUT2D eigenvalue weighted by Crippen LogP contribution is -2.27. The third-order valence-corrected chi connectivity index (χ3v) is 5.69. The molecule has 0 aliphatic rings. The van der Waals surface area contributed by atoms with Gasteiger partial charge in [-0.05, 0) is 55.5 Å². The number of nitrogens with zero attached hydrogens (tertiary/aromatic N) is 2. The van der Waals surface area contributed by atoms with E-state index in [2.05, 4.69) is 14.9 Å². The van der Waals surface area contributed by atoms with Gasteiger partial charge in [0.15, 0.2) is 0 Å². The van der Waals surface area contributed by atoms with Crippen LogP contribution in [0.2, 0.25) is 0 Å². The van der Waals surface area contributed by atoms with E-state index in [9.17, 15) is 17.6 Å². The van der Waals surface area contributed by atoms with Gasteiger partial charge in [-0.3, -0.25) is 0 Å². The van der Waals surface area contributed by atoms with Crippen LogP contribution in [0.3, 0.4) is 0 Å². The number of fused-ring (bicyclic) bond motifs is 1. The van der Waals surface area contributed by atoms with Crippen molar-refractivity contribution in [3.05, 3.63) is 76.7 Å². The predicted octanol–water partition coefficient (Wildman–Crippen LogP) is 3.02. The molecule has 2 aromatic carbocycles. The van der Waals surface area contributed by atoms with Gasteiger partial charge in [-0.1, -0.05) is 5.16 Å². The Labute approximate surface area is 164 Å². The molecule has 0 amide bonds. The fraction of sp³-hybridized carbons (Fsp3) is 0.105. The van der Waals surface area contributed by atoms with Crippen molar-refractivity contribution in [2.75, 3.05) is 0 Å². The van der Waals surface area contributed by atoms with Gasteiger partial charge in [0.25, 0.3) is 0 Å². The van der Waals surface area contributed by atoms with Crippen LogP contribution >= 0.6 is 0 Å². The number of hydrogen-bond donors (Lipinski definition) is 1. The molecule has 1 unspecified atom stereocenters. The molecule has 0 aliphatic carbocycles. The Balaban J connectivity index is 1.57. The maximum absolute atomic E-state index is 13.0. The van der Waals surface area contributed by atoms with E-state index in [4.69, 9.17) is 8.94 Å². The summed E-state index contributed by atoms with van der Waals surface area (Å²) in [5, 5.41) is 4.27. The minimum atomic E-state index is -3.92. The minimum Gasteiger partial charge on any atom is -0.423 e. The smallest absolute Gasteiger partial charge is 0.336 e. The van der Waals surface area contributed by atoms with Crippen molar-refractivity contribution in [1.29, 1.82) is 0 Å². The van der Waals surface area contributed by atoms with Crippen molar-refractivity contribution in [1.82, 2.24) is 14.9 Å². The summed E-state index contributed by atoms with van der Waals surface area (Å²) in [4.78, 5) is 15.4.